The molecule has 80 valence electrons. The second kappa shape index (κ2) is 3.54. The zero-order valence-electron chi connectivity index (χ0n) is 9.10. The van der Waals surface area contributed by atoms with Gasteiger partial charge in [0.25, 0.3) is 0 Å². The molecule has 3 nitrogen and oxygen atoms in total. The summed E-state index contributed by atoms with van der Waals surface area (Å²) < 4.78 is 0. The quantitative estimate of drug-likeness (QED) is 0.704. The van der Waals surface area contributed by atoms with Crippen LogP contribution >= 0.6 is 0 Å². The van der Waals surface area contributed by atoms with Gasteiger partial charge in [-0.05, 0) is 18.8 Å². The summed E-state index contributed by atoms with van der Waals surface area (Å²) in [7, 11) is 0. The Hall–Kier alpha value is -0.570. The van der Waals surface area contributed by atoms with Gasteiger partial charge in [0.15, 0.2) is 0 Å². The topological polar surface area (TPSA) is 41.1 Å². The summed E-state index contributed by atoms with van der Waals surface area (Å²) >= 11 is 0. The number of amides is 1. The lowest BCUT2D eigenvalue weighted by atomic mass is 9.76. The highest BCUT2D eigenvalue weighted by Crippen LogP contribution is 2.28. The molecule has 2 N–H and O–H groups in total. The number of hydrogen-bond acceptors (Lipinski definition) is 2. The molecule has 2 fully saturated rings. The molecule has 2 aliphatic rings. The molecule has 0 radical (unpaired) electrons. The number of carbonyl (C=O) groups excluding carboxylic acids is 1. The largest absolute Gasteiger partial charge is 0.354 e. The maximum Gasteiger partial charge on any atom is 0.237 e. The molecule has 0 aromatic heterocycles. The lowest BCUT2D eigenvalue weighted by Gasteiger charge is -2.44. The van der Waals surface area contributed by atoms with Gasteiger partial charge in [-0.3, -0.25) is 4.79 Å². The van der Waals surface area contributed by atoms with Gasteiger partial charge < -0.3 is 10.6 Å². The van der Waals surface area contributed by atoms with E-state index in [4.69, 9.17) is 0 Å². The molecule has 3 heteroatoms. The molecule has 1 aliphatic heterocycles. The van der Waals surface area contributed by atoms with Crippen molar-refractivity contribution < 1.29 is 4.79 Å². The van der Waals surface area contributed by atoms with Crippen LogP contribution in [-0.4, -0.2) is 25.0 Å². The average molecular weight is 196 g/mol. The Kier molecular flexibility index (Phi) is 2.52. The van der Waals surface area contributed by atoms with Crippen LogP contribution in [0.1, 0.15) is 33.1 Å². The van der Waals surface area contributed by atoms with Crippen LogP contribution in [0.4, 0.5) is 0 Å². The van der Waals surface area contributed by atoms with Crippen molar-refractivity contribution in [1.29, 1.82) is 0 Å². The van der Waals surface area contributed by atoms with Crippen molar-refractivity contribution in [3.8, 4) is 0 Å². The molecule has 0 bridgehead atoms. The highest BCUT2D eigenvalue weighted by Gasteiger charge is 2.42. The van der Waals surface area contributed by atoms with Crippen molar-refractivity contribution >= 4 is 5.91 Å². The van der Waals surface area contributed by atoms with Gasteiger partial charge in [0.05, 0.1) is 6.04 Å². The fourth-order valence-electron chi connectivity index (χ4n) is 2.10. The molecule has 1 atom stereocenters. The number of hydrogen-bond donors (Lipinski definition) is 2. The van der Waals surface area contributed by atoms with E-state index < -0.39 is 0 Å². The first-order chi connectivity index (χ1) is 6.59. The zero-order valence-corrected chi connectivity index (χ0v) is 9.10. The van der Waals surface area contributed by atoms with E-state index in [2.05, 4.69) is 24.5 Å². The van der Waals surface area contributed by atoms with Crippen LogP contribution in [0, 0.1) is 11.3 Å². The molecular formula is C11H20N2O. The van der Waals surface area contributed by atoms with Crippen LogP contribution in [0.5, 0.6) is 0 Å². The number of nitrogens with one attached hydrogen (secondary N) is 2. The molecule has 1 heterocycles. The Labute approximate surface area is 85.6 Å². The molecule has 0 aromatic rings. The van der Waals surface area contributed by atoms with Crippen molar-refractivity contribution in [2.75, 3.05) is 13.1 Å². The van der Waals surface area contributed by atoms with Gasteiger partial charge in [-0.15, -0.1) is 0 Å². The first kappa shape index (κ1) is 9.97. The van der Waals surface area contributed by atoms with E-state index in [1.807, 2.05) is 0 Å². The van der Waals surface area contributed by atoms with E-state index in [0.29, 0.717) is 0 Å². The second-order valence-corrected chi connectivity index (χ2v) is 5.34. The van der Waals surface area contributed by atoms with Gasteiger partial charge in [0, 0.05) is 18.5 Å². The fraction of sp³-hybridized carbons (Fsp3) is 0.909. The SMILES string of the molecule is CC1(C)CNC1C(=O)NCC1CCC1. The van der Waals surface area contributed by atoms with Crippen LogP contribution in [0.2, 0.25) is 0 Å². The average Bonchev–Trinajstić information content (AvgIpc) is 1.99. The summed E-state index contributed by atoms with van der Waals surface area (Å²) in [5.41, 5.74) is 0.143. The smallest absolute Gasteiger partial charge is 0.237 e. The summed E-state index contributed by atoms with van der Waals surface area (Å²) in [6, 6.07) is 0.0302. The van der Waals surface area contributed by atoms with Gasteiger partial charge in [0.2, 0.25) is 5.91 Å². The van der Waals surface area contributed by atoms with E-state index >= 15 is 0 Å². The van der Waals surface area contributed by atoms with Crippen molar-refractivity contribution in [2.45, 2.75) is 39.2 Å². The standard InChI is InChI=1S/C11H20N2O/c1-11(2)7-13-9(11)10(14)12-6-8-4-3-5-8/h8-9,13H,3-7H2,1-2H3,(H,12,14). The monoisotopic (exact) mass is 196 g/mol. The van der Waals surface area contributed by atoms with Gasteiger partial charge in [-0.25, -0.2) is 0 Å². The predicted octanol–water partition coefficient (Wildman–Crippen LogP) is 0.901. The third-order valence-electron chi connectivity index (χ3n) is 3.60. The highest BCUT2D eigenvalue weighted by molar-refractivity contribution is 5.83. The fourth-order valence-corrected chi connectivity index (χ4v) is 2.10. The van der Waals surface area contributed by atoms with Crippen LogP contribution in [0.3, 0.4) is 0 Å². The Morgan fingerprint density at radius 3 is 2.57 bits per heavy atom. The molecule has 0 aromatic carbocycles. The molecule has 1 amide bonds. The summed E-state index contributed by atoms with van der Waals surface area (Å²) in [4.78, 5) is 11.7. The third kappa shape index (κ3) is 1.78. The summed E-state index contributed by atoms with van der Waals surface area (Å²) in [6.07, 6.45) is 3.93. The molecule has 1 saturated heterocycles. The van der Waals surface area contributed by atoms with E-state index in [1.165, 1.54) is 19.3 Å². The first-order valence-corrected chi connectivity index (χ1v) is 5.61. The minimum atomic E-state index is 0.0302. The molecule has 2 rings (SSSR count). The zero-order chi connectivity index (χ0) is 10.2. The van der Waals surface area contributed by atoms with E-state index in [0.717, 1.165) is 19.0 Å². The van der Waals surface area contributed by atoms with Crippen molar-refractivity contribution in [3.63, 3.8) is 0 Å². The summed E-state index contributed by atoms with van der Waals surface area (Å²) in [6.45, 7) is 6.11. The molecule has 1 unspecified atom stereocenters. The normalized spacial score (nSPS) is 30.3. The minimum absolute atomic E-state index is 0.0302. The van der Waals surface area contributed by atoms with Crippen molar-refractivity contribution in [1.82, 2.24) is 10.6 Å². The Bertz CT molecular complexity index is 233. The van der Waals surface area contributed by atoms with Gasteiger partial charge in [-0.1, -0.05) is 20.3 Å². The highest BCUT2D eigenvalue weighted by atomic mass is 16.2. The van der Waals surface area contributed by atoms with E-state index in [1.54, 1.807) is 0 Å². The molecule has 1 saturated carbocycles. The Balaban J connectivity index is 1.72. The van der Waals surface area contributed by atoms with Gasteiger partial charge >= 0.3 is 0 Å². The van der Waals surface area contributed by atoms with E-state index in [9.17, 15) is 4.79 Å². The van der Waals surface area contributed by atoms with Crippen molar-refractivity contribution in [2.24, 2.45) is 11.3 Å². The second-order valence-electron chi connectivity index (χ2n) is 5.34. The maximum absolute atomic E-state index is 11.7. The van der Waals surface area contributed by atoms with Gasteiger partial charge in [-0.2, -0.15) is 0 Å². The van der Waals surface area contributed by atoms with Crippen LogP contribution in [0.15, 0.2) is 0 Å². The van der Waals surface area contributed by atoms with Crippen molar-refractivity contribution in [3.05, 3.63) is 0 Å². The molecular weight excluding hydrogens is 176 g/mol. The van der Waals surface area contributed by atoms with E-state index in [-0.39, 0.29) is 17.4 Å². The molecule has 14 heavy (non-hydrogen) atoms. The Morgan fingerprint density at radius 1 is 1.50 bits per heavy atom. The Morgan fingerprint density at radius 2 is 2.21 bits per heavy atom. The third-order valence-corrected chi connectivity index (χ3v) is 3.60. The maximum atomic E-state index is 11.7. The predicted molar refractivity (Wildman–Crippen MR) is 55.9 cm³/mol. The van der Waals surface area contributed by atoms with Gasteiger partial charge in [0.1, 0.15) is 0 Å². The van der Waals surface area contributed by atoms with Crippen LogP contribution in [-0.2, 0) is 4.79 Å². The lowest BCUT2D eigenvalue weighted by molar-refractivity contribution is -0.129. The first-order valence-electron chi connectivity index (χ1n) is 5.61. The summed E-state index contributed by atoms with van der Waals surface area (Å²) in [5, 5.41) is 6.22. The molecule has 1 aliphatic carbocycles. The summed E-state index contributed by atoms with van der Waals surface area (Å²) in [5.74, 6) is 0.940. The minimum Gasteiger partial charge on any atom is -0.354 e. The molecule has 0 spiro atoms. The lowest BCUT2D eigenvalue weighted by Crippen LogP contribution is -2.66. The number of rotatable bonds is 3. The number of carbonyl (C=O) groups is 1. The van der Waals surface area contributed by atoms with Crippen LogP contribution < -0.4 is 10.6 Å². The van der Waals surface area contributed by atoms with Crippen LogP contribution in [0.25, 0.3) is 0 Å².